The molecule has 166 valence electrons. The Labute approximate surface area is 185 Å². The first-order valence-corrected chi connectivity index (χ1v) is 10.9. The number of rotatable bonds is 9. The van der Waals surface area contributed by atoms with Gasteiger partial charge in [0.1, 0.15) is 11.6 Å². The minimum Gasteiger partial charge on any atom is -0.508 e. The molecule has 2 N–H and O–H groups in total. The molecule has 3 rings (SSSR count). The highest BCUT2D eigenvalue weighted by Gasteiger charge is 2.14. The molecule has 4 nitrogen and oxygen atoms in total. The highest BCUT2D eigenvalue weighted by Crippen LogP contribution is 2.26. The molecule has 0 unspecified atom stereocenters. The minimum atomic E-state index is -0.247. The number of aromatic hydroxyl groups is 1. The Kier molecular flexibility index (Phi) is 8.27. The summed E-state index contributed by atoms with van der Waals surface area (Å²) in [5.74, 6) is -0.0276. The molecule has 5 heteroatoms. The number of phenolic OH excluding ortho intramolecular Hbond substituents is 1. The molecule has 0 atom stereocenters. The van der Waals surface area contributed by atoms with Crippen LogP contribution in [0.5, 0.6) is 5.75 Å². The van der Waals surface area contributed by atoms with Gasteiger partial charge in [-0.05, 0) is 86.0 Å². The van der Waals surface area contributed by atoms with Crippen LogP contribution in [0.4, 0.5) is 4.39 Å². The molecule has 0 radical (unpaired) electrons. The van der Waals surface area contributed by atoms with Crippen LogP contribution in [0.25, 0.3) is 11.3 Å². The molecule has 0 aromatic heterocycles. The summed E-state index contributed by atoms with van der Waals surface area (Å²) in [6.07, 6.45) is 4.11. The van der Waals surface area contributed by atoms with Crippen molar-refractivity contribution >= 4 is 11.3 Å². The molecular formula is C26H33FN2O2. The van der Waals surface area contributed by atoms with E-state index in [1.165, 1.54) is 6.07 Å². The molecule has 0 amide bonds. The van der Waals surface area contributed by atoms with Gasteiger partial charge in [0.15, 0.2) is 0 Å². The lowest BCUT2D eigenvalue weighted by Gasteiger charge is -2.21. The molecule has 0 bridgehead atoms. The maximum atomic E-state index is 14.6. The lowest BCUT2D eigenvalue weighted by Crippen LogP contribution is -2.24. The molecular weight excluding hydrogens is 391 g/mol. The highest BCUT2D eigenvalue weighted by atomic mass is 19.1. The first-order chi connectivity index (χ1) is 15.0. The van der Waals surface area contributed by atoms with Crippen molar-refractivity contribution in [3.8, 4) is 5.75 Å². The number of halogens is 1. The lowest BCUT2D eigenvalue weighted by molar-refractivity contribution is 0.164. The second-order valence-electron chi connectivity index (χ2n) is 8.19. The van der Waals surface area contributed by atoms with E-state index < -0.39 is 0 Å². The molecule has 1 heterocycles. The van der Waals surface area contributed by atoms with Gasteiger partial charge in [-0.1, -0.05) is 25.1 Å². The van der Waals surface area contributed by atoms with Crippen molar-refractivity contribution < 1.29 is 14.2 Å². The summed E-state index contributed by atoms with van der Waals surface area (Å²) in [6.45, 7) is 7.69. The van der Waals surface area contributed by atoms with Crippen molar-refractivity contribution in [2.45, 2.75) is 33.2 Å². The fraction of sp³-hybridized carbons (Fsp3) is 0.385. The van der Waals surface area contributed by atoms with Crippen molar-refractivity contribution in [3.63, 3.8) is 0 Å². The Balaban J connectivity index is 1.86. The number of nitrogens with one attached hydrogen (secondary N) is 1. The smallest absolute Gasteiger partial charge is 0.132 e. The largest absolute Gasteiger partial charge is 0.508 e. The Bertz CT molecular complexity index is 952. The fourth-order valence-corrected chi connectivity index (χ4v) is 4.00. The topological polar surface area (TPSA) is 44.7 Å². The van der Waals surface area contributed by atoms with Gasteiger partial charge in [0.05, 0.1) is 13.2 Å². The monoisotopic (exact) mass is 424 g/mol. The molecule has 31 heavy (non-hydrogen) atoms. The standard InChI is InChI=1S/C26H33FN2O2/c1-4-11-29(3)17-19(2)26(24-9-5-6-10-25(24)27)28-16-20-13-22(15-23(30)14-20)21-8-7-12-31-18-21/h5-6,8-10,13-15,28,30H,4,7,11-12,16-18H2,1-3H3/b26-19+. The Morgan fingerprint density at radius 1 is 1.23 bits per heavy atom. The van der Waals surface area contributed by atoms with Crippen LogP contribution in [0.2, 0.25) is 0 Å². The second kappa shape index (κ2) is 11.1. The van der Waals surface area contributed by atoms with Crippen LogP contribution in [0.15, 0.2) is 54.1 Å². The number of ether oxygens (including phenoxy) is 1. The van der Waals surface area contributed by atoms with Crippen molar-refractivity contribution in [1.82, 2.24) is 10.2 Å². The predicted octanol–water partition coefficient (Wildman–Crippen LogP) is 5.20. The van der Waals surface area contributed by atoms with Crippen molar-refractivity contribution in [1.29, 1.82) is 0 Å². The van der Waals surface area contributed by atoms with Crippen LogP contribution >= 0.6 is 0 Å². The van der Waals surface area contributed by atoms with E-state index in [4.69, 9.17) is 4.74 Å². The molecule has 0 saturated heterocycles. The molecule has 0 saturated carbocycles. The predicted molar refractivity (Wildman–Crippen MR) is 125 cm³/mol. The number of likely N-dealkylation sites (N-methyl/N-ethyl adjacent to an activating group) is 1. The number of hydrogen-bond acceptors (Lipinski definition) is 4. The lowest BCUT2D eigenvalue weighted by atomic mass is 10.0. The normalized spacial score (nSPS) is 14.9. The summed E-state index contributed by atoms with van der Waals surface area (Å²) in [4.78, 5) is 2.24. The van der Waals surface area contributed by atoms with Crippen LogP contribution in [0.3, 0.4) is 0 Å². The van der Waals surface area contributed by atoms with Crippen LogP contribution < -0.4 is 5.32 Å². The van der Waals surface area contributed by atoms with Crippen LogP contribution in [-0.4, -0.2) is 43.4 Å². The van der Waals surface area contributed by atoms with Gasteiger partial charge in [-0.2, -0.15) is 0 Å². The summed E-state index contributed by atoms with van der Waals surface area (Å²) in [6, 6.07) is 12.4. The minimum absolute atomic E-state index is 0.219. The molecule has 1 aliphatic rings. The van der Waals surface area contributed by atoms with Gasteiger partial charge in [-0.15, -0.1) is 0 Å². The van der Waals surface area contributed by atoms with Gasteiger partial charge in [0, 0.05) is 24.4 Å². The van der Waals surface area contributed by atoms with E-state index in [-0.39, 0.29) is 11.6 Å². The summed E-state index contributed by atoms with van der Waals surface area (Å²) in [5, 5.41) is 13.7. The van der Waals surface area contributed by atoms with E-state index >= 15 is 0 Å². The third kappa shape index (κ3) is 6.42. The SMILES string of the molecule is CCCN(C)C/C(C)=C(/NCc1cc(O)cc(C2=CCCOC2)c1)c1ccccc1F. The molecule has 2 aromatic carbocycles. The van der Waals surface area contributed by atoms with Crippen molar-refractivity contribution in [3.05, 3.63) is 76.6 Å². The highest BCUT2D eigenvalue weighted by molar-refractivity contribution is 5.70. The Hall–Kier alpha value is -2.63. The Morgan fingerprint density at radius 3 is 2.74 bits per heavy atom. The third-order valence-electron chi connectivity index (χ3n) is 5.41. The molecule has 0 fully saturated rings. The van der Waals surface area contributed by atoms with Gasteiger partial charge in [0.2, 0.25) is 0 Å². The van der Waals surface area contributed by atoms with Gasteiger partial charge in [-0.25, -0.2) is 4.39 Å². The zero-order chi connectivity index (χ0) is 22.2. The maximum absolute atomic E-state index is 14.6. The summed E-state index contributed by atoms with van der Waals surface area (Å²) < 4.78 is 20.2. The number of hydrogen-bond donors (Lipinski definition) is 2. The fourth-order valence-electron chi connectivity index (χ4n) is 4.00. The summed E-state index contributed by atoms with van der Waals surface area (Å²) in [5.41, 5.74) is 5.42. The van der Waals surface area contributed by atoms with Crippen LogP contribution in [0, 0.1) is 5.82 Å². The van der Waals surface area contributed by atoms with Crippen molar-refractivity contribution in [2.75, 3.05) is 33.4 Å². The van der Waals surface area contributed by atoms with E-state index in [2.05, 4.69) is 36.3 Å². The van der Waals surface area contributed by atoms with E-state index in [1.807, 2.05) is 13.0 Å². The average molecular weight is 425 g/mol. The molecule has 1 aliphatic heterocycles. The quantitative estimate of drug-likeness (QED) is 0.581. The zero-order valence-electron chi connectivity index (χ0n) is 18.7. The first-order valence-electron chi connectivity index (χ1n) is 10.9. The number of nitrogens with zero attached hydrogens (tertiary/aromatic N) is 1. The van der Waals surface area contributed by atoms with E-state index in [0.717, 1.165) is 60.5 Å². The van der Waals surface area contributed by atoms with Gasteiger partial charge in [0.25, 0.3) is 0 Å². The van der Waals surface area contributed by atoms with Gasteiger partial charge in [-0.3, -0.25) is 0 Å². The summed E-state index contributed by atoms with van der Waals surface area (Å²) in [7, 11) is 2.08. The molecule has 2 aromatic rings. The maximum Gasteiger partial charge on any atom is 0.132 e. The Morgan fingerprint density at radius 2 is 2.03 bits per heavy atom. The van der Waals surface area contributed by atoms with E-state index in [1.54, 1.807) is 24.3 Å². The molecule has 0 spiro atoms. The molecule has 0 aliphatic carbocycles. The van der Waals surface area contributed by atoms with Crippen LogP contribution in [0.1, 0.15) is 43.4 Å². The van der Waals surface area contributed by atoms with Crippen molar-refractivity contribution in [2.24, 2.45) is 0 Å². The second-order valence-corrected chi connectivity index (χ2v) is 8.19. The van der Waals surface area contributed by atoms with E-state index in [0.29, 0.717) is 18.7 Å². The number of benzene rings is 2. The first kappa shape index (κ1) is 23.0. The number of phenols is 1. The average Bonchev–Trinajstić information content (AvgIpc) is 2.75. The van der Waals surface area contributed by atoms with Crippen LogP contribution in [-0.2, 0) is 11.3 Å². The summed E-state index contributed by atoms with van der Waals surface area (Å²) >= 11 is 0. The third-order valence-corrected chi connectivity index (χ3v) is 5.41. The van der Waals surface area contributed by atoms with Gasteiger partial charge < -0.3 is 20.1 Å². The zero-order valence-corrected chi connectivity index (χ0v) is 18.7. The van der Waals surface area contributed by atoms with Gasteiger partial charge >= 0.3 is 0 Å². The van der Waals surface area contributed by atoms with E-state index in [9.17, 15) is 9.50 Å².